The molecule has 0 saturated heterocycles. The summed E-state index contributed by atoms with van der Waals surface area (Å²) in [4.78, 5) is 16.4. The van der Waals surface area contributed by atoms with Gasteiger partial charge in [-0.15, -0.1) is 11.3 Å². The predicted octanol–water partition coefficient (Wildman–Crippen LogP) is 4.74. The molecule has 0 bridgehead atoms. The zero-order chi connectivity index (χ0) is 15.7. The summed E-state index contributed by atoms with van der Waals surface area (Å²) in [7, 11) is 0. The molecule has 0 atom stereocenters. The van der Waals surface area contributed by atoms with Gasteiger partial charge in [-0.05, 0) is 23.8 Å². The molecule has 0 fully saturated rings. The quantitative estimate of drug-likeness (QED) is 0.652. The SMILES string of the molecule is O=C(Cc1cccc(C(F)(F)F)c1)c1nc2ccccc2s1. The second-order valence-corrected chi connectivity index (χ2v) is 5.82. The first kappa shape index (κ1) is 14.7. The standard InChI is InChI=1S/C16H10F3NOS/c17-16(18,19)11-5-3-4-10(8-11)9-13(21)15-20-12-6-1-2-7-14(12)22-15/h1-8H,9H2. The minimum absolute atomic E-state index is 0.0935. The van der Waals surface area contributed by atoms with E-state index >= 15 is 0 Å². The maximum absolute atomic E-state index is 12.7. The third-order valence-corrected chi connectivity index (χ3v) is 4.23. The lowest BCUT2D eigenvalue weighted by Crippen LogP contribution is -2.07. The van der Waals surface area contributed by atoms with Gasteiger partial charge in [-0.1, -0.05) is 30.3 Å². The second kappa shape index (κ2) is 5.53. The molecule has 0 aliphatic heterocycles. The van der Waals surface area contributed by atoms with Gasteiger partial charge in [-0.3, -0.25) is 4.79 Å². The van der Waals surface area contributed by atoms with E-state index in [2.05, 4.69) is 4.98 Å². The van der Waals surface area contributed by atoms with Crippen molar-refractivity contribution in [1.29, 1.82) is 0 Å². The van der Waals surface area contributed by atoms with Crippen LogP contribution in [0.15, 0.2) is 48.5 Å². The van der Waals surface area contributed by atoms with E-state index in [1.54, 1.807) is 6.07 Å². The maximum atomic E-state index is 12.7. The molecule has 0 unspecified atom stereocenters. The Morgan fingerprint density at radius 3 is 2.59 bits per heavy atom. The molecule has 22 heavy (non-hydrogen) atoms. The number of carbonyl (C=O) groups excluding carboxylic acids is 1. The van der Waals surface area contributed by atoms with Crippen molar-refractivity contribution in [2.45, 2.75) is 12.6 Å². The second-order valence-electron chi connectivity index (χ2n) is 4.78. The van der Waals surface area contributed by atoms with Crippen molar-refractivity contribution in [2.24, 2.45) is 0 Å². The van der Waals surface area contributed by atoms with Gasteiger partial charge in [0.15, 0.2) is 10.8 Å². The van der Waals surface area contributed by atoms with Gasteiger partial charge in [0.1, 0.15) is 0 Å². The number of benzene rings is 2. The highest BCUT2D eigenvalue weighted by atomic mass is 32.1. The Morgan fingerprint density at radius 1 is 1.09 bits per heavy atom. The smallest absolute Gasteiger partial charge is 0.291 e. The summed E-state index contributed by atoms with van der Waals surface area (Å²) in [5.41, 5.74) is 0.307. The van der Waals surface area contributed by atoms with Crippen LogP contribution in [0, 0.1) is 0 Å². The summed E-state index contributed by atoms with van der Waals surface area (Å²) in [6.07, 6.45) is -4.50. The van der Waals surface area contributed by atoms with Crippen molar-refractivity contribution in [3.8, 4) is 0 Å². The number of fused-ring (bicyclic) bond motifs is 1. The van der Waals surface area contributed by atoms with Crippen LogP contribution in [0.1, 0.15) is 20.9 Å². The van der Waals surface area contributed by atoms with Crippen molar-refractivity contribution in [1.82, 2.24) is 4.98 Å². The van der Waals surface area contributed by atoms with Gasteiger partial charge in [-0.2, -0.15) is 13.2 Å². The van der Waals surface area contributed by atoms with E-state index in [1.165, 1.54) is 23.5 Å². The third-order valence-electron chi connectivity index (χ3n) is 3.15. The average Bonchev–Trinajstić information content (AvgIpc) is 2.90. The van der Waals surface area contributed by atoms with Crippen molar-refractivity contribution in [3.63, 3.8) is 0 Å². The summed E-state index contributed by atoms with van der Waals surface area (Å²) in [6, 6.07) is 12.1. The van der Waals surface area contributed by atoms with Gasteiger partial charge in [0.2, 0.25) is 0 Å². The first-order valence-electron chi connectivity index (χ1n) is 6.48. The third kappa shape index (κ3) is 3.01. The summed E-state index contributed by atoms with van der Waals surface area (Å²) < 4.78 is 38.9. The van der Waals surface area contributed by atoms with Crippen LogP contribution >= 0.6 is 11.3 Å². The van der Waals surface area contributed by atoms with Crippen LogP contribution in [0.5, 0.6) is 0 Å². The monoisotopic (exact) mass is 321 g/mol. The first-order valence-corrected chi connectivity index (χ1v) is 7.30. The van der Waals surface area contributed by atoms with E-state index in [-0.39, 0.29) is 12.2 Å². The molecule has 1 heterocycles. The van der Waals surface area contributed by atoms with E-state index in [9.17, 15) is 18.0 Å². The van der Waals surface area contributed by atoms with Gasteiger partial charge >= 0.3 is 6.18 Å². The Morgan fingerprint density at radius 2 is 1.86 bits per heavy atom. The largest absolute Gasteiger partial charge is 0.416 e. The Balaban J connectivity index is 1.85. The number of alkyl halides is 3. The van der Waals surface area contributed by atoms with E-state index in [0.29, 0.717) is 10.6 Å². The minimum atomic E-state index is -4.41. The van der Waals surface area contributed by atoms with Crippen LogP contribution in [0.4, 0.5) is 13.2 Å². The molecule has 0 saturated carbocycles. The van der Waals surface area contributed by atoms with Gasteiger partial charge in [0.25, 0.3) is 0 Å². The van der Waals surface area contributed by atoms with E-state index in [4.69, 9.17) is 0 Å². The number of para-hydroxylation sites is 1. The van der Waals surface area contributed by atoms with Gasteiger partial charge in [0.05, 0.1) is 15.8 Å². The normalized spacial score (nSPS) is 11.8. The lowest BCUT2D eigenvalue weighted by molar-refractivity contribution is -0.137. The lowest BCUT2D eigenvalue weighted by Gasteiger charge is -2.07. The Kier molecular flexibility index (Phi) is 3.70. The van der Waals surface area contributed by atoms with Gasteiger partial charge in [0, 0.05) is 6.42 Å². The molecule has 0 N–H and O–H groups in total. The van der Waals surface area contributed by atoms with Crippen LogP contribution in [-0.4, -0.2) is 10.8 Å². The number of hydrogen-bond acceptors (Lipinski definition) is 3. The fourth-order valence-corrected chi connectivity index (χ4v) is 3.01. The molecule has 0 aliphatic carbocycles. The highest BCUT2D eigenvalue weighted by Gasteiger charge is 2.30. The molecular formula is C16H10F3NOS. The predicted molar refractivity (Wildman–Crippen MR) is 79.1 cm³/mol. The Bertz CT molecular complexity index is 806. The van der Waals surface area contributed by atoms with E-state index < -0.39 is 11.7 Å². The van der Waals surface area contributed by atoms with Crippen LogP contribution in [0.25, 0.3) is 10.2 Å². The van der Waals surface area contributed by atoms with Gasteiger partial charge < -0.3 is 0 Å². The number of Topliss-reactive ketones (excluding diaryl/α,β-unsaturated/α-hetero) is 1. The molecular weight excluding hydrogens is 311 g/mol. The molecule has 2 aromatic carbocycles. The maximum Gasteiger partial charge on any atom is 0.416 e. The molecule has 0 spiro atoms. The highest BCUT2D eigenvalue weighted by Crippen LogP contribution is 2.30. The zero-order valence-corrected chi connectivity index (χ0v) is 12.0. The fourth-order valence-electron chi connectivity index (χ4n) is 2.11. The van der Waals surface area contributed by atoms with E-state index in [0.717, 1.165) is 22.3 Å². The van der Waals surface area contributed by atoms with E-state index in [1.807, 2.05) is 18.2 Å². The summed E-state index contributed by atoms with van der Waals surface area (Å²) >= 11 is 1.25. The van der Waals surface area contributed by atoms with Crippen molar-refractivity contribution < 1.29 is 18.0 Å². The number of rotatable bonds is 3. The summed E-state index contributed by atoms with van der Waals surface area (Å²) in [5.74, 6) is -0.277. The van der Waals surface area contributed by atoms with Crippen LogP contribution in [0.2, 0.25) is 0 Å². The molecule has 3 aromatic rings. The zero-order valence-electron chi connectivity index (χ0n) is 11.2. The van der Waals surface area contributed by atoms with Crippen LogP contribution in [-0.2, 0) is 12.6 Å². The van der Waals surface area contributed by atoms with Crippen molar-refractivity contribution in [3.05, 3.63) is 64.7 Å². The molecule has 0 aliphatic rings. The average molecular weight is 321 g/mol. The lowest BCUT2D eigenvalue weighted by atomic mass is 10.1. The molecule has 6 heteroatoms. The number of aromatic nitrogens is 1. The molecule has 0 amide bonds. The number of nitrogens with zero attached hydrogens (tertiary/aromatic N) is 1. The first-order chi connectivity index (χ1) is 10.4. The van der Waals surface area contributed by atoms with Crippen LogP contribution < -0.4 is 0 Å². The van der Waals surface area contributed by atoms with Gasteiger partial charge in [-0.25, -0.2) is 4.98 Å². The Hall–Kier alpha value is -2.21. The number of carbonyl (C=O) groups is 1. The number of halogens is 3. The highest BCUT2D eigenvalue weighted by molar-refractivity contribution is 7.20. The summed E-state index contributed by atoms with van der Waals surface area (Å²) in [5, 5.41) is 0.318. The molecule has 3 rings (SSSR count). The fraction of sp³-hybridized carbons (Fsp3) is 0.125. The molecule has 1 aromatic heterocycles. The molecule has 112 valence electrons. The summed E-state index contributed by atoms with van der Waals surface area (Å²) in [6.45, 7) is 0. The topological polar surface area (TPSA) is 30.0 Å². The molecule has 0 radical (unpaired) electrons. The van der Waals surface area contributed by atoms with Crippen LogP contribution in [0.3, 0.4) is 0 Å². The Labute approximate surface area is 128 Å². The number of thiazole rings is 1. The van der Waals surface area contributed by atoms with Crippen molar-refractivity contribution >= 4 is 27.3 Å². The molecule has 2 nitrogen and oxygen atoms in total. The van der Waals surface area contributed by atoms with Crippen molar-refractivity contribution in [2.75, 3.05) is 0 Å². The minimum Gasteiger partial charge on any atom is -0.291 e. The number of ketones is 1. The number of hydrogen-bond donors (Lipinski definition) is 0.